The summed E-state index contributed by atoms with van der Waals surface area (Å²) in [6, 6.07) is 22.5. The predicted molar refractivity (Wildman–Crippen MR) is 251 cm³/mol. The van der Waals surface area contributed by atoms with Crippen LogP contribution in [0.2, 0.25) is 0 Å². The maximum absolute atomic E-state index is 14.2. The van der Waals surface area contributed by atoms with E-state index >= 15 is 0 Å². The van der Waals surface area contributed by atoms with Crippen molar-refractivity contribution in [3.8, 4) is 0 Å². The highest BCUT2D eigenvalue weighted by atomic mass is 31.2. The Hall–Kier alpha value is -6.32. The quantitative estimate of drug-likeness (QED) is 0.0297. The van der Waals surface area contributed by atoms with E-state index in [2.05, 4.69) is 6.58 Å². The summed E-state index contributed by atoms with van der Waals surface area (Å²) in [5.41, 5.74) is -0.0493. The predicted octanol–water partition coefficient (Wildman–Crippen LogP) is 5.91. The topological polar surface area (TPSA) is 270 Å². The van der Waals surface area contributed by atoms with Crippen molar-refractivity contribution in [1.82, 2.24) is 0 Å². The van der Waals surface area contributed by atoms with E-state index in [1.165, 1.54) is 60.7 Å². The number of rotatable bonds is 26. The smallest absolute Gasteiger partial charge is 0.338 e. The second-order valence-electron chi connectivity index (χ2n) is 16.7. The normalized spacial score (nSPS) is 24.3. The Morgan fingerprint density at radius 2 is 0.945 bits per heavy atom. The van der Waals surface area contributed by atoms with E-state index in [0.717, 1.165) is 59.8 Å². The van der Waals surface area contributed by atoms with Gasteiger partial charge in [0.2, 0.25) is 6.29 Å². The van der Waals surface area contributed by atoms with Crippen LogP contribution in [0.25, 0.3) is 0 Å². The van der Waals surface area contributed by atoms with Gasteiger partial charge in [-0.25, -0.2) is 14.4 Å². The summed E-state index contributed by atoms with van der Waals surface area (Å²) >= 11 is 0. The van der Waals surface area contributed by atoms with Crippen molar-refractivity contribution in [2.75, 3.05) is 19.8 Å². The zero-order chi connectivity index (χ0) is 52.9. The van der Waals surface area contributed by atoms with Gasteiger partial charge in [0, 0.05) is 27.7 Å². The van der Waals surface area contributed by atoms with Crippen molar-refractivity contribution in [1.29, 1.82) is 0 Å². The molecule has 2 saturated heterocycles. The molecular weight excluding hydrogens is 980 g/mol. The highest BCUT2D eigenvalue weighted by molar-refractivity contribution is 7.45. The number of allylic oxidation sites excluding steroid dienone is 1. The summed E-state index contributed by atoms with van der Waals surface area (Å²) in [6.07, 6.45) is -11.7. The van der Waals surface area contributed by atoms with Crippen LogP contribution in [0, 0.1) is 0 Å². The van der Waals surface area contributed by atoms with Crippen molar-refractivity contribution in [2.45, 2.75) is 134 Å². The highest BCUT2D eigenvalue weighted by Gasteiger charge is 2.58. The molecule has 396 valence electrons. The van der Waals surface area contributed by atoms with E-state index in [1.807, 2.05) is 6.08 Å². The fourth-order valence-electron chi connectivity index (χ4n) is 7.75. The zero-order valence-corrected chi connectivity index (χ0v) is 41.7. The molecule has 2 fully saturated rings. The summed E-state index contributed by atoms with van der Waals surface area (Å²) in [5.74, 6) is -6.81. The van der Waals surface area contributed by atoms with Crippen LogP contribution in [-0.4, -0.2) is 123 Å². The minimum Gasteiger partial charge on any atom is -0.756 e. The van der Waals surface area contributed by atoms with E-state index in [-0.39, 0.29) is 23.3 Å². The lowest BCUT2D eigenvalue weighted by molar-refractivity contribution is -0.357. The van der Waals surface area contributed by atoms with Gasteiger partial charge < -0.3 is 56.8 Å². The van der Waals surface area contributed by atoms with Crippen LogP contribution < -0.4 is 4.89 Å². The molecule has 21 nitrogen and oxygen atoms in total. The third-order valence-electron chi connectivity index (χ3n) is 11.0. The summed E-state index contributed by atoms with van der Waals surface area (Å²) in [7, 11) is -5.44. The van der Waals surface area contributed by atoms with E-state index in [0.29, 0.717) is 12.8 Å². The van der Waals surface area contributed by atoms with Crippen LogP contribution in [0.1, 0.15) is 104 Å². The van der Waals surface area contributed by atoms with Crippen LogP contribution in [0.3, 0.4) is 0 Å². The molecule has 5 rings (SSSR count). The molecule has 0 amide bonds. The van der Waals surface area contributed by atoms with Gasteiger partial charge in [0.15, 0.2) is 36.8 Å². The highest BCUT2D eigenvalue weighted by Crippen LogP contribution is 2.45. The van der Waals surface area contributed by atoms with Gasteiger partial charge >= 0.3 is 41.8 Å². The number of phosphoric ester groups is 1. The Kier molecular flexibility index (Phi) is 22.7. The molecule has 2 aliphatic rings. The lowest BCUT2D eigenvalue weighted by Gasteiger charge is -2.49. The van der Waals surface area contributed by atoms with Crippen molar-refractivity contribution in [2.24, 2.45) is 0 Å². The maximum Gasteiger partial charge on any atom is 0.338 e. The number of unbranched alkanes of at least 4 members (excludes halogenated alkanes) is 6. The first-order valence-corrected chi connectivity index (χ1v) is 25.0. The fraction of sp³-hybridized carbons (Fsp3) is 0.471. The van der Waals surface area contributed by atoms with Crippen molar-refractivity contribution >= 4 is 49.6 Å². The molecule has 22 heteroatoms. The average Bonchev–Trinajstić information content (AvgIpc) is 3.35. The molecule has 0 saturated carbocycles. The molecule has 3 aromatic carbocycles. The lowest BCUT2D eigenvalue weighted by Crippen LogP contribution is -2.67. The van der Waals surface area contributed by atoms with Gasteiger partial charge in [0.1, 0.15) is 31.5 Å². The second-order valence-corrected chi connectivity index (χ2v) is 18.1. The first-order valence-electron chi connectivity index (χ1n) is 23.6. The van der Waals surface area contributed by atoms with Gasteiger partial charge in [-0.05, 0) is 55.7 Å². The van der Waals surface area contributed by atoms with E-state index in [9.17, 15) is 43.0 Å². The first kappa shape index (κ1) is 57.6. The number of hydrogen-bond acceptors (Lipinski definition) is 21. The standard InChI is InChI=1S/C51H61O21P/c1-6-7-8-9-10-11-12-22-29-63-73(59,60)72-51-46(70-49(58)38-27-20-15-21-28-38)44(69-48(57)37-25-18-14-19-26-37)42(40(68-51)31-62-47(56)36-23-16-13-17-24-36)71-50-45(66-35(5)55)43(65-34(4)54)41(64-33(3)53)39(67-50)30-61-32(2)52/h6,13-21,23-28,39-46,50-51H,1,7-12,22,29-31H2,2-5H3,(H,59,60)/p-1/t39-,40-,41+,42-,43+,44-,45-,46+,50+,51-/m1/s1. The number of carbonyl (C=O) groups excluding carboxylic acids is 7. The SMILES string of the molecule is C=CCCCCCCCCOP(=O)([O-])O[C@H]1O[C@H](COC(=O)c2ccccc2)[C@@H](O[C@@H]2O[C@H](COC(C)=O)[C@H](OC(C)=O)[C@H](OC(C)=O)[C@H]2OC(C)=O)[C@@H](OC(=O)c2ccccc2)[C@@H]1OC(=O)c1ccccc1. The van der Waals surface area contributed by atoms with E-state index in [4.69, 9.17) is 56.4 Å². The van der Waals surface area contributed by atoms with E-state index in [1.54, 1.807) is 30.3 Å². The minimum absolute atomic E-state index is 0.0589. The van der Waals surface area contributed by atoms with Crippen molar-refractivity contribution in [3.63, 3.8) is 0 Å². The molecule has 0 spiro atoms. The first-order chi connectivity index (χ1) is 35.0. The Morgan fingerprint density at radius 1 is 0.521 bits per heavy atom. The monoisotopic (exact) mass is 1040 g/mol. The van der Waals surface area contributed by atoms with Gasteiger partial charge in [-0.15, -0.1) is 6.58 Å². The van der Waals surface area contributed by atoms with Gasteiger partial charge in [-0.2, -0.15) is 0 Å². The number of esters is 7. The molecule has 0 bridgehead atoms. The van der Waals surface area contributed by atoms with Gasteiger partial charge in [-0.1, -0.05) is 86.4 Å². The molecule has 3 aromatic rings. The molecule has 2 aliphatic heterocycles. The number of carbonyl (C=O) groups is 7. The third kappa shape index (κ3) is 18.3. The Morgan fingerprint density at radius 3 is 1.48 bits per heavy atom. The Bertz CT molecular complexity index is 2350. The molecule has 1 unspecified atom stereocenters. The van der Waals surface area contributed by atoms with Crippen LogP contribution in [0.5, 0.6) is 0 Å². The number of phosphoric acid groups is 1. The van der Waals surface area contributed by atoms with Crippen LogP contribution in [0.4, 0.5) is 0 Å². The lowest BCUT2D eigenvalue weighted by atomic mass is 9.96. The number of benzene rings is 3. The van der Waals surface area contributed by atoms with Gasteiger partial charge in [0.05, 0.1) is 23.3 Å². The maximum atomic E-state index is 14.2. The van der Waals surface area contributed by atoms with Crippen LogP contribution >= 0.6 is 7.82 Å². The third-order valence-corrected chi connectivity index (χ3v) is 12.0. The molecule has 0 aliphatic carbocycles. The molecule has 0 radical (unpaired) electrons. The second kappa shape index (κ2) is 28.8. The summed E-state index contributed by atoms with van der Waals surface area (Å²) in [4.78, 5) is 106. The van der Waals surface area contributed by atoms with Crippen LogP contribution in [0.15, 0.2) is 104 Å². The molecule has 73 heavy (non-hydrogen) atoms. The largest absolute Gasteiger partial charge is 0.756 e. The minimum atomic E-state index is -5.44. The van der Waals surface area contributed by atoms with E-state index < -0.39 is 124 Å². The molecule has 0 N–H and O–H groups in total. The summed E-state index contributed by atoms with van der Waals surface area (Å²) in [6.45, 7) is 5.98. The van der Waals surface area contributed by atoms with Crippen molar-refractivity contribution < 1.29 is 99.4 Å². The number of ether oxygens (including phenoxy) is 10. The zero-order valence-electron chi connectivity index (χ0n) is 40.8. The molecular formula is C51H60O21P-. The molecule has 2 heterocycles. The Labute approximate surface area is 422 Å². The Balaban J connectivity index is 1.64. The summed E-state index contributed by atoms with van der Waals surface area (Å²) < 4.78 is 83.5. The fourth-order valence-corrected chi connectivity index (χ4v) is 8.59. The van der Waals surface area contributed by atoms with Gasteiger partial charge in [-0.3, -0.25) is 28.3 Å². The van der Waals surface area contributed by atoms with Gasteiger partial charge in [0.25, 0.3) is 7.82 Å². The summed E-state index contributed by atoms with van der Waals surface area (Å²) in [5, 5.41) is 0. The molecule has 11 atom stereocenters. The molecule has 0 aromatic heterocycles. The number of hydrogen-bond donors (Lipinski definition) is 0. The average molecular weight is 1040 g/mol. The van der Waals surface area contributed by atoms with Crippen LogP contribution in [-0.2, 0) is 80.2 Å². The van der Waals surface area contributed by atoms with Crippen molar-refractivity contribution in [3.05, 3.63) is 120 Å².